The fourth-order valence-electron chi connectivity index (χ4n) is 1.88. The second-order valence-corrected chi connectivity index (χ2v) is 7.60. The van der Waals surface area contributed by atoms with Crippen molar-refractivity contribution in [2.45, 2.75) is 22.8 Å². The van der Waals surface area contributed by atoms with Gasteiger partial charge in [-0.25, -0.2) is 13.1 Å². The number of benzene rings is 2. The fourth-order valence-corrected chi connectivity index (χ4v) is 3.64. The van der Waals surface area contributed by atoms with E-state index in [-0.39, 0.29) is 10.9 Å². The van der Waals surface area contributed by atoms with Crippen LogP contribution < -0.4 is 4.72 Å². The highest BCUT2D eigenvalue weighted by molar-refractivity contribution is 7.98. The van der Waals surface area contributed by atoms with Gasteiger partial charge in [0.1, 0.15) is 0 Å². The molecule has 0 saturated carbocycles. The van der Waals surface area contributed by atoms with E-state index in [0.717, 1.165) is 10.5 Å². The van der Waals surface area contributed by atoms with Crippen LogP contribution in [0.4, 0.5) is 0 Å². The van der Waals surface area contributed by atoms with Gasteiger partial charge in [-0.3, -0.25) is 0 Å². The summed E-state index contributed by atoms with van der Waals surface area (Å²) in [5.74, 6) is 0. The van der Waals surface area contributed by atoms with E-state index in [4.69, 9.17) is 11.6 Å². The zero-order valence-corrected chi connectivity index (χ0v) is 14.1. The summed E-state index contributed by atoms with van der Waals surface area (Å²) in [7, 11) is -3.55. The molecule has 112 valence electrons. The van der Waals surface area contributed by atoms with E-state index in [0.29, 0.717) is 5.02 Å². The number of thioether (sulfide) groups is 1. The van der Waals surface area contributed by atoms with E-state index in [9.17, 15) is 8.42 Å². The van der Waals surface area contributed by atoms with Gasteiger partial charge in [0.2, 0.25) is 10.0 Å². The molecule has 0 unspecified atom stereocenters. The topological polar surface area (TPSA) is 46.2 Å². The Kier molecular flexibility index (Phi) is 5.32. The maximum absolute atomic E-state index is 12.3. The maximum atomic E-state index is 12.3. The molecule has 21 heavy (non-hydrogen) atoms. The molecule has 0 saturated heterocycles. The van der Waals surface area contributed by atoms with Gasteiger partial charge in [0.05, 0.1) is 4.90 Å². The molecule has 0 amide bonds. The van der Waals surface area contributed by atoms with Crippen LogP contribution in [0.25, 0.3) is 0 Å². The fraction of sp³-hybridized carbons (Fsp3) is 0.200. The summed E-state index contributed by atoms with van der Waals surface area (Å²) in [6.45, 7) is 1.82. The predicted molar refractivity (Wildman–Crippen MR) is 88.4 cm³/mol. The van der Waals surface area contributed by atoms with E-state index in [2.05, 4.69) is 4.72 Å². The van der Waals surface area contributed by atoms with Crippen LogP contribution in [0, 0.1) is 0 Å². The van der Waals surface area contributed by atoms with Crippen LogP contribution in [0.3, 0.4) is 0 Å². The maximum Gasteiger partial charge on any atom is 0.241 e. The minimum absolute atomic E-state index is 0.208. The normalized spacial score (nSPS) is 13.1. The Hall–Kier alpha value is -1.01. The monoisotopic (exact) mass is 341 g/mol. The van der Waals surface area contributed by atoms with Crippen LogP contribution in [-0.4, -0.2) is 14.7 Å². The summed E-state index contributed by atoms with van der Waals surface area (Å²) in [5, 5.41) is 0.509. The van der Waals surface area contributed by atoms with Crippen molar-refractivity contribution in [1.82, 2.24) is 4.72 Å². The first-order valence-corrected chi connectivity index (χ1v) is 9.43. The highest BCUT2D eigenvalue weighted by Crippen LogP contribution is 2.21. The van der Waals surface area contributed by atoms with E-state index in [1.54, 1.807) is 23.9 Å². The van der Waals surface area contributed by atoms with Crippen LogP contribution in [0.5, 0.6) is 0 Å². The molecule has 0 aliphatic heterocycles. The van der Waals surface area contributed by atoms with Gasteiger partial charge < -0.3 is 0 Å². The van der Waals surface area contributed by atoms with Crippen molar-refractivity contribution in [2.75, 3.05) is 6.26 Å². The van der Waals surface area contributed by atoms with Gasteiger partial charge in [-0.1, -0.05) is 23.7 Å². The third kappa shape index (κ3) is 4.23. The highest BCUT2D eigenvalue weighted by Gasteiger charge is 2.18. The molecule has 0 aromatic heterocycles. The molecule has 0 heterocycles. The molecule has 0 fully saturated rings. The molecule has 0 bridgehead atoms. The SMILES string of the molecule is CSc1ccc([C@H](C)NS(=O)(=O)c2ccc(Cl)cc2)cc1. The molecular weight excluding hydrogens is 326 g/mol. The van der Waals surface area contributed by atoms with Crippen molar-refractivity contribution in [3.8, 4) is 0 Å². The third-order valence-electron chi connectivity index (χ3n) is 3.07. The van der Waals surface area contributed by atoms with E-state index >= 15 is 0 Å². The summed E-state index contributed by atoms with van der Waals surface area (Å²) in [6.07, 6.45) is 2.00. The van der Waals surface area contributed by atoms with Gasteiger partial charge in [-0.15, -0.1) is 11.8 Å². The van der Waals surface area contributed by atoms with Crippen molar-refractivity contribution in [3.05, 3.63) is 59.1 Å². The van der Waals surface area contributed by atoms with Gasteiger partial charge in [0.15, 0.2) is 0 Å². The lowest BCUT2D eigenvalue weighted by atomic mass is 10.1. The summed E-state index contributed by atoms with van der Waals surface area (Å²) >= 11 is 7.42. The van der Waals surface area contributed by atoms with Gasteiger partial charge in [-0.05, 0) is 55.1 Å². The molecule has 2 aromatic rings. The number of hydrogen-bond donors (Lipinski definition) is 1. The largest absolute Gasteiger partial charge is 0.241 e. The molecule has 1 N–H and O–H groups in total. The number of rotatable bonds is 5. The number of sulfonamides is 1. The molecule has 6 heteroatoms. The lowest BCUT2D eigenvalue weighted by Gasteiger charge is -2.15. The third-order valence-corrected chi connectivity index (χ3v) is 5.62. The van der Waals surface area contributed by atoms with Crippen molar-refractivity contribution < 1.29 is 8.42 Å². The van der Waals surface area contributed by atoms with E-state index in [1.807, 2.05) is 37.4 Å². The zero-order chi connectivity index (χ0) is 15.5. The second-order valence-electron chi connectivity index (χ2n) is 4.57. The zero-order valence-electron chi connectivity index (χ0n) is 11.7. The summed E-state index contributed by atoms with van der Waals surface area (Å²) in [5.41, 5.74) is 0.922. The Morgan fingerprint density at radius 3 is 2.14 bits per heavy atom. The smallest absolute Gasteiger partial charge is 0.207 e. The lowest BCUT2D eigenvalue weighted by molar-refractivity contribution is 0.567. The first-order valence-electron chi connectivity index (χ1n) is 6.34. The molecule has 1 atom stereocenters. The first kappa shape index (κ1) is 16.4. The quantitative estimate of drug-likeness (QED) is 0.833. The Morgan fingerprint density at radius 2 is 1.62 bits per heavy atom. The van der Waals surface area contributed by atoms with Gasteiger partial charge in [0, 0.05) is 16.0 Å². The summed E-state index contributed by atoms with van der Waals surface area (Å²) in [6, 6.07) is 13.6. The van der Waals surface area contributed by atoms with Crippen LogP contribution in [0.1, 0.15) is 18.5 Å². The van der Waals surface area contributed by atoms with E-state index in [1.165, 1.54) is 12.1 Å². The molecule has 2 rings (SSSR count). The first-order chi connectivity index (χ1) is 9.92. The average Bonchev–Trinajstić information content (AvgIpc) is 2.47. The Bertz CT molecular complexity index is 697. The van der Waals surface area contributed by atoms with Crippen molar-refractivity contribution in [1.29, 1.82) is 0 Å². The van der Waals surface area contributed by atoms with E-state index < -0.39 is 10.0 Å². The minimum Gasteiger partial charge on any atom is -0.207 e. The molecule has 0 aliphatic rings. The number of halogens is 1. The van der Waals surface area contributed by atoms with Crippen LogP contribution in [0.2, 0.25) is 5.02 Å². The van der Waals surface area contributed by atoms with Crippen molar-refractivity contribution in [2.24, 2.45) is 0 Å². The standard InChI is InChI=1S/C15H16ClNO2S2/c1-11(12-3-7-14(20-2)8-4-12)17-21(18,19)15-9-5-13(16)6-10-15/h3-11,17H,1-2H3/t11-/m0/s1. The molecule has 3 nitrogen and oxygen atoms in total. The Labute approximate surface area is 134 Å². The van der Waals surface area contributed by atoms with Crippen LogP contribution in [0.15, 0.2) is 58.3 Å². The Balaban J connectivity index is 2.17. The molecule has 0 radical (unpaired) electrons. The van der Waals surface area contributed by atoms with Gasteiger partial charge in [-0.2, -0.15) is 0 Å². The molecule has 0 spiro atoms. The van der Waals surface area contributed by atoms with Gasteiger partial charge >= 0.3 is 0 Å². The second kappa shape index (κ2) is 6.83. The number of nitrogens with one attached hydrogen (secondary N) is 1. The van der Waals surface area contributed by atoms with Crippen LogP contribution in [-0.2, 0) is 10.0 Å². The summed E-state index contributed by atoms with van der Waals surface area (Å²) < 4.78 is 27.3. The number of hydrogen-bond acceptors (Lipinski definition) is 3. The average molecular weight is 342 g/mol. The van der Waals surface area contributed by atoms with Crippen LogP contribution >= 0.6 is 23.4 Å². The highest BCUT2D eigenvalue weighted by atomic mass is 35.5. The minimum atomic E-state index is -3.55. The predicted octanol–water partition coefficient (Wildman–Crippen LogP) is 4.10. The summed E-state index contributed by atoms with van der Waals surface area (Å²) in [4.78, 5) is 1.35. The van der Waals surface area contributed by atoms with Gasteiger partial charge in [0.25, 0.3) is 0 Å². The molecule has 2 aromatic carbocycles. The van der Waals surface area contributed by atoms with Crippen molar-refractivity contribution in [3.63, 3.8) is 0 Å². The molecular formula is C15H16ClNO2S2. The molecule has 0 aliphatic carbocycles. The van der Waals surface area contributed by atoms with Crippen molar-refractivity contribution >= 4 is 33.4 Å². The Morgan fingerprint density at radius 1 is 1.05 bits per heavy atom. The lowest BCUT2D eigenvalue weighted by Crippen LogP contribution is -2.26.